The van der Waals surface area contributed by atoms with E-state index in [1.807, 2.05) is 26.0 Å². The highest BCUT2D eigenvalue weighted by Crippen LogP contribution is 2.34. The Kier molecular flexibility index (Phi) is 5.79. The van der Waals surface area contributed by atoms with E-state index in [1.165, 1.54) is 13.2 Å². The van der Waals surface area contributed by atoms with E-state index in [2.05, 4.69) is 15.6 Å². The largest absolute Gasteiger partial charge is 0.507 e. The molecule has 0 bridgehead atoms. The third-order valence-corrected chi connectivity index (χ3v) is 5.07. The third kappa shape index (κ3) is 4.40. The molecule has 0 unspecified atom stereocenters. The molecule has 4 rings (SSSR count). The first kappa shape index (κ1) is 21.3. The van der Waals surface area contributed by atoms with Crippen LogP contribution in [0.1, 0.15) is 21.5 Å². The quantitative estimate of drug-likeness (QED) is 0.381. The number of ether oxygens (including phenoxy) is 1. The van der Waals surface area contributed by atoms with Gasteiger partial charge in [-0.15, -0.1) is 0 Å². The molecule has 0 saturated carbocycles. The molecule has 0 radical (unpaired) electrons. The van der Waals surface area contributed by atoms with Gasteiger partial charge in [-0.25, -0.2) is 4.98 Å². The van der Waals surface area contributed by atoms with E-state index in [9.17, 15) is 9.90 Å². The Morgan fingerprint density at radius 2 is 1.94 bits per heavy atom. The molecule has 0 spiro atoms. The van der Waals surface area contributed by atoms with Crippen LogP contribution in [-0.4, -0.2) is 28.2 Å². The number of carbonyl (C=O) groups is 1. The van der Waals surface area contributed by atoms with Gasteiger partial charge in [-0.05, 0) is 73.6 Å². The van der Waals surface area contributed by atoms with Crippen molar-refractivity contribution in [3.05, 3.63) is 71.3 Å². The van der Waals surface area contributed by atoms with Crippen molar-refractivity contribution in [1.82, 2.24) is 10.3 Å². The van der Waals surface area contributed by atoms with Gasteiger partial charge in [0.25, 0.3) is 5.91 Å². The molecule has 3 N–H and O–H groups in total. The van der Waals surface area contributed by atoms with Gasteiger partial charge in [-0.1, -0.05) is 12.1 Å². The summed E-state index contributed by atoms with van der Waals surface area (Å²) in [6.45, 7) is 3.95. The number of aromatic hydroxyl groups is 1. The van der Waals surface area contributed by atoms with E-state index in [1.54, 1.807) is 36.4 Å². The molecule has 0 aliphatic heterocycles. The number of hydrogen-bond acceptors (Lipinski definition) is 6. The molecule has 1 amide bonds. The van der Waals surface area contributed by atoms with Crippen LogP contribution in [-0.2, 0) is 0 Å². The highest BCUT2D eigenvalue weighted by Gasteiger charge is 2.15. The maximum atomic E-state index is 12.4. The molecule has 7 nitrogen and oxygen atoms in total. The van der Waals surface area contributed by atoms with Crippen molar-refractivity contribution >= 4 is 40.0 Å². The maximum absolute atomic E-state index is 12.4. The Balaban J connectivity index is 1.49. The lowest BCUT2D eigenvalue weighted by atomic mass is 10.1. The smallest absolute Gasteiger partial charge is 0.257 e. The van der Waals surface area contributed by atoms with Gasteiger partial charge in [0.05, 0.1) is 12.7 Å². The number of benzene rings is 3. The maximum Gasteiger partial charge on any atom is 0.257 e. The summed E-state index contributed by atoms with van der Waals surface area (Å²) < 4.78 is 11.0. The molecular formula is C24H21N3O4S. The summed E-state index contributed by atoms with van der Waals surface area (Å²) in [5.41, 5.74) is 4.86. The number of anilines is 1. The van der Waals surface area contributed by atoms with Crippen molar-refractivity contribution in [2.45, 2.75) is 13.8 Å². The number of rotatable bonds is 4. The minimum atomic E-state index is -0.376. The first-order valence-corrected chi connectivity index (χ1v) is 10.2. The molecule has 1 aromatic heterocycles. The predicted octanol–water partition coefficient (Wildman–Crippen LogP) is 4.95. The summed E-state index contributed by atoms with van der Waals surface area (Å²) in [6.07, 6.45) is 0. The molecule has 0 aliphatic rings. The summed E-state index contributed by atoms with van der Waals surface area (Å²) in [5.74, 6) is 0.491. The van der Waals surface area contributed by atoms with Crippen molar-refractivity contribution in [2.75, 3.05) is 12.4 Å². The molecule has 3 aromatic carbocycles. The molecule has 32 heavy (non-hydrogen) atoms. The summed E-state index contributed by atoms with van der Waals surface area (Å²) >= 11 is 5.23. The monoisotopic (exact) mass is 447 g/mol. The first-order chi connectivity index (χ1) is 15.3. The minimum Gasteiger partial charge on any atom is -0.507 e. The summed E-state index contributed by atoms with van der Waals surface area (Å²) in [7, 11) is 1.53. The number of phenols is 1. The summed E-state index contributed by atoms with van der Waals surface area (Å²) in [6, 6.07) is 15.6. The number of carbonyl (C=O) groups excluding carboxylic acids is 1. The fourth-order valence-electron chi connectivity index (χ4n) is 3.38. The van der Waals surface area contributed by atoms with Gasteiger partial charge in [0.1, 0.15) is 17.0 Å². The second-order valence-corrected chi connectivity index (χ2v) is 7.73. The third-order valence-electron chi connectivity index (χ3n) is 4.87. The van der Waals surface area contributed by atoms with Gasteiger partial charge in [0.15, 0.2) is 10.7 Å². The zero-order chi connectivity index (χ0) is 22.8. The van der Waals surface area contributed by atoms with E-state index < -0.39 is 0 Å². The van der Waals surface area contributed by atoms with Crippen LogP contribution < -0.4 is 15.4 Å². The Morgan fingerprint density at radius 3 is 2.69 bits per heavy atom. The second-order valence-electron chi connectivity index (χ2n) is 7.32. The molecule has 0 fully saturated rings. The number of phenolic OH excluding ortho intramolecular Hbond substituents is 1. The van der Waals surface area contributed by atoms with Gasteiger partial charge < -0.3 is 19.6 Å². The summed E-state index contributed by atoms with van der Waals surface area (Å²) in [4.78, 5) is 16.9. The number of aromatic nitrogens is 1. The average molecular weight is 448 g/mol. The molecule has 0 saturated heterocycles. The number of hydrogen-bond donors (Lipinski definition) is 3. The molecule has 4 aromatic rings. The molecule has 1 heterocycles. The lowest BCUT2D eigenvalue weighted by Crippen LogP contribution is -2.34. The first-order valence-electron chi connectivity index (χ1n) is 9.81. The zero-order valence-corrected chi connectivity index (χ0v) is 18.5. The second kappa shape index (κ2) is 8.68. The molecule has 162 valence electrons. The predicted molar refractivity (Wildman–Crippen MR) is 127 cm³/mol. The van der Waals surface area contributed by atoms with Crippen molar-refractivity contribution in [1.29, 1.82) is 0 Å². The Labute approximate surface area is 190 Å². The van der Waals surface area contributed by atoms with Crippen LogP contribution in [0.5, 0.6) is 11.5 Å². The van der Waals surface area contributed by atoms with E-state index in [4.69, 9.17) is 21.4 Å². The van der Waals surface area contributed by atoms with Crippen LogP contribution in [0.4, 0.5) is 5.69 Å². The summed E-state index contributed by atoms with van der Waals surface area (Å²) in [5, 5.41) is 16.1. The topological polar surface area (TPSA) is 96.6 Å². The van der Waals surface area contributed by atoms with Crippen molar-refractivity contribution in [3.8, 4) is 23.0 Å². The van der Waals surface area contributed by atoms with E-state index in [-0.39, 0.29) is 16.8 Å². The van der Waals surface area contributed by atoms with Crippen LogP contribution in [0.2, 0.25) is 0 Å². The molecular weight excluding hydrogens is 426 g/mol. The number of aryl methyl sites for hydroxylation is 2. The van der Waals surface area contributed by atoms with Crippen molar-refractivity contribution < 1.29 is 19.1 Å². The Morgan fingerprint density at radius 1 is 1.12 bits per heavy atom. The number of fused-ring (bicyclic) bond motifs is 1. The zero-order valence-electron chi connectivity index (χ0n) is 17.7. The van der Waals surface area contributed by atoms with Crippen molar-refractivity contribution in [2.24, 2.45) is 0 Å². The van der Waals surface area contributed by atoms with Gasteiger partial charge in [0.2, 0.25) is 5.89 Å². The molecule has 0 aliphatic carbocycles. The van der Waals surface area contributed by atoms with Crippen molar-refractivity contribution in [3.63, 3.8) is 0 Å². The number of methoxy groups -OCH3 is 1. The Bertz CT molecular complexity index is 1350. The highest BCUT2D eigenvalue weighted by molar-refractivity contribution is 7.80. The van der Waals surface area contributed by atoms with Gasteiger partial charge in [-0.3, -0.25) is 10.1 Å². The standard InChI is InChI=1S/C24H21N3O4S/c1-13-9-14(2)21-19(10-13)26-23(31-21)18-8-7-16(12-20(18)28)25-24(32)27-22(29)15-5-4-6-17(11-15)30-3/h4-12,28H,1-3H3,(H2,25,27,29,32). The van der Waals surface area contributed by atoms with Crippen LogP contribution in [0, 0.1) is 13.8 Å². The highest BCUT2D eigenvalue weighted by atomic mass is 32.1. The van der Waals surface area contributed by atoms with E-state index in [0.717, 1.165) is 16.6 Å². The van der Waals surface area contributed by atoms with Gasteiger partial charge >= 0.3 is 0 Å². The van der Waals surface area contributed by atoms with Crippen LogP contribution in [0.15, 0.2) is 59.0 Å². The normalized spacial score (nSPS) is 10.7. The van der Waals surface area contributed by atoms with E-state index in [0.29, 0.717) is 34.0 Å². The number of thiocarbonyl (C=S) groups is 1. The Hall–Kier alpha value is -3.91. The van der Waals surface area contributed by atoms with E-state index >= 15 is 0 Å². The minimum absolute atomic E-state index is 0.0298. The number of nitrogens with one attached hydrogen (secondary N) is 2. The number of nitrogens with zero attached hydrogens (tertiary/aromatic N) is 1. The lowest BCUT2D eigenvalue weighted by Gasteiger charge is -2.11. The lowest BCUT2D eigenvalue weighted by molar-refractivity contribution is 0.0977. The average Bonchev–Trinajstić information content (AvgIpc) is 3.17. The van der Waals surface area contributed by atoms with Crippen LogP contribution in [0.25, 0.3) is 22.6 Å². The van der Waals surface area contributed by atoms with Gasteiger partial charge in [0, 0.05) is 17.3 Å². The molecule has 0 atom stereocenters. The fourth-order valence-corrected chi connectivity index (χ4v) is 3.59. The number of oxazole rings is 1. The molecule has 8 heteroatoms. The van der Waals surface area contributed by atoms with Crippen LogP contribution in [0.3, 0.4) is 0 Å². The fraction of sp³-hybridized carbons (Fsp3) is 0.125. The van der Waals surface area contributed by atoms with Gasteiger partial charge in [-0.2, -0.15) is 0 Å². The number of amides is 1. The van der Waals surface area contributed by atoms with Crippen LogP contribution >= 0.6 is 12.2 Å². The SMILES string of the molecule is COc1cccc(C(=O)NC(=S)Nc2ccc(-c3nc4cc(C)cc(C)c4o3)c(O)c2)c1.